The highest BCUT2D eigenvalue weighted by Gasteiger charge is 2.34. The Morgan fingerprint density at radius 3 is 2.46 bits per heavy atom. The number of phenols is 2. The van der Waals surface area contributed by atoms with Crippen molar-refractivity contribution in [1.82, 2.24) is 9.88 Å². The number of benzene rings is 2. The maximum atomic E-state index is 10.3. The number of hydrogen-bond acceptors (Lipinski definition) is 4. The lowest BCUT2D eigenvalue weighted by atomic mass is 9.77. The van der Waals surface area contributed by atoms with Gasteiger partial charge in [0.2, 0.25) is 0 Å². The van der Waals surface area contributed by atoms with Crippen LogP contribution in [0.4, 0.5) is 0 Å². The first-order valence-corrected chi connectivity index (χ1v) is 8.88. The van der Waals surface area contributed by atoms with Gasteiger partial charge < -0.3 is 10.2 Å². The van der Waals surface area contributed by atoms with Gasteiger partial charge in [0.1, 0.15) is 0 Å². The van der Waals surface area contributed by atoms with Crippen molar-refractivity contribution >= 4 is 0 Å². The van der Waals surface area contributed by atoms with Crippen molar-refractivity contribution in [3.63, 3.8) is 0 Å². The van der Waals surface area contributed by atoms with Crippen LogP contribution in [0.1, 0.15) is 22.7 Å². The highest BCUT2D eigenvalue weighted by molar-refractivity contribution is 5.82. The maximum absolute atomic E-state index is 10.3. The van der Waals surface area contributed by atoms with E-state index >= 15 is 0 Å². The molecule has 2 N–H and O–H groups in total. The first kappa shape index (κ1) is 16.6. The third-order valence-corrected chi connectivity index (χ3v) is 5.29. The molecule has 0 amide bonds. The number of aromatic hydroxyl groups is 2. The summed E-state index contributed by atoms with van der Waals surface area (Å²) in [6.07, 6.45) is 5.44. The van der Waals surface area contributed by atoms with Crippen LogP contribution in [-0.2, 0) is 12.8 Å². The topological polar surface area (TPSA) is 56.6 Å². The van der Waals surface area contributed by atoms with Crippen LogP contribution in [0, 0.1) is 0 Å². The van der Waals surface area contributed by atoms with Gasteiger partial charge in [0.15, 0.2) is 11.5 Å². The second-order valence-corrected chi connectivity index (χ2v) is 6.82. The van der Waals surface area contributed by atoms with E-state index in [-0.39, 0.29) is 11.5 Å². The van der Waals surface area contributed by atoms with Crippen molar-refractivity contribution in [1.29, 1.82) is 0 Å². The fourth-order valence-electron chi connectivity index (χ4n) is 3.99. The summed E-state index contributed by atoms with van der Waals surface area (Å²) in [7, 11) is 2.16. The normalized spacial score (nSPS) is 17.5. The minimum atomic E-state index is -0.0380. The van der Waals surface area contributed by atoms with Crippen molar-refractivity contribution in [2.24, 2.45) is 0 Å². The van der Waals surface area contributed by atoms with Crippen molar-refractivity contribution in [3.05, 3.63) is 77.6 Å². The highest BCUT2D eigenvalue weighted by atomic mass is 16.3. The van der Waals surface area contributed by atoms with Crippen LogP contribution in [0.15, 0.2) is 60.9 Å². The van der Waals surface area contributed by atoms with E-state index in [1.165, 1.54) is 11.1 Å². The molecule has 2 aliphatic rings. The highest BCUT2D eigenvalue weighted by Crippen LogP contribution is 2.49. The molecule has 3 aromatic rings. The lowest BCUT2D eigenvalue weighted by Gasteiger charge is -2.39. The molecule has 1 aliphatic carbocycles. The van der Waals surface area contributed by atoms with Gasteiger partial charge in [-0.05, 0) is 60.3 Å². The van der Waals surface area contributed by atoms with E-state index in [4.69, 9.17) is 0 Å². The van der Waals surface area contributed by atoms with Gasteiger partial charge >= 0.3 is 0 Å². The molecule has 0 saturated carbocycles. The average Bonchev–Trinajstić information content (AvgIpc) is 2.69. The lowest BCUT2D eigenvalue weighted by molar-refractivity contribution is 0.228. The Morgan fingerprint density at radius 1 is 0.962 bits per heavy atom. The molecule has 132 valence electrons. The van der Waals surface area contributed by atoms with E-state index in [9.17, 15) is 10.2 Å². The Hall–Kier alpha value is -2.85. The standard InChI is InChI=1S/C17H17NO2.C5H5N/c1-18-8-7-10-3-2-4-12-15(10)13(18)9-11-5-6-14(19)17(20)16(11)12;1-2-4-6-5-3-1/h2-6,13,19-20H,7-9H2,1H3;1-5H/t13-;/m1./s1. The minimum absolute atomic E-state index is 0.0163. The van der Waals surface area contributed by atoms with Crippen molar-refractivity contribution < 1.29 is 10.2 Å². The minimum Gasteiger partial charge on any atom is -0.504 e. The zero-order chi connectivity index (χ0) is 18.1. The molecule has 1 atom stereocenters. The second kappa shape index (κ2) is 6.81. The fraction of sp³-hybridized carbons (Fsp3) is 0.227. The first-order valence-electron chi connectivity index (χ1n) is 8.88. The van der Waals surface area contributed by atoms with Crippen LogP contribution in [-0.4, -0.2) is 33.7 Å². The Kier molecular flexibility index (Phi) is 4.35. The second-order valence-electron chi connectivity index (χ2n) is 6.82. The first-order chi connectivity index (χ1) is 12.7. The van der Waals surface area contributed by atoms with Crippen molar-refractivity contribution in [2.75, 3.05) is 13.6 Å². The summed E-state index contributed by atoms with van der Waals surface area (Å²) in [4.78, 5) is 6.17. The molecule has 0 radical (unpaired) electrons. The molecule has 2 heterocycles. The molecule has 4 nitrogen and oxygen atoms in total. The molecule has 5 rings (SSSR count). The quantitative estimate of drug-likeness (QED) is 0.606. The monoisotopic (exact) mass is 346 g/mol. The number of phenolic OH excluding ortho intramolecular Hbond substituents is 2. The van der Waals surface area contributed by atoms with Crippen LogP contribution in [0.25, 0.3) is 11.1 Å². The molecule has 0 fully saturated rings. The smallest absolute Gasteiger partial charge is 0.165 e. The number of likely N-dealkylation sites (N-methyl/N-ethyl adjacent to an activating group) is 1. The summed E-state index contributed by atoms with van der Waals surface area (Å²) in [5, 5.41) is 20.1. The third kappa shape index (κ3) is 2.82. The molecule has 0 bridgehead atoms. The van der Waals surface area contributed by atoms with Gasteiger partial charge in [-0.3, -0.25) is 9.88 Å². The summed E-state index contributed by atoms with van der Waals surface area (Å²) >= 11 is 0. The van der Waals surface area contributed by atoms with Gasteiger partial charge in [-0.1, -0.05) is 30.3 Å². The van der Waals surface area contributed by atoms with Crippen LogP contribution < -0.4 is 0 Å². The predicted molar refractivity (Wildman–Crippen MR) is 102 cm³/mol. The Morgan fingerprint density at radius 2 is 1.77 bits per heavy atom. The molecule has 1 aliphatic heterocycles. The van der Waals surface area contributed by atoms with Crippen LogP contribution in [0.2, 0.25) is 0 Å². The van der Waals surface area contributed by atoms with Crippen LogP contribution in [0.5, 0.6) is 11.5 Å². The van der Waals surface area contributed by atoms with Crippen LogP contribution >= 0.6 is 0 Å². The molecule has 26 heavy (non-hydrogen) atoms. The lowest BCUT2D eigenvalue weighted by Crippen LogP contribution is -2.35. The van der Waals surface area contributed by atoms with Gasteiger partial charge in [0.25, 0.3) is 0 Å². The number of rotatable bonds is 0. The Balaban J connectivity index is 0.000000240. The summed E-state index contributed by atoms with van der Waals surface area (Å²) in [6, 6.07) is 15.9. The van der Waals surface area contributed by atoms with Gasteiger partial charge in [-0.15, -0.1) is 0 Å². The van der Waals surface area contributed by atoms with E-state index in [0.717, 1.165) is 36.1 Å². The molecule has 0 unspecified atom stereocenters. The Labute approximate surface area is 153 Å². The Bertz CT molecular complexity index is 898. The summed E-state index contributed by atoms with van der Waals surface area (Å²) in [5.41, 5.74) is 5.71. The summed E-state index contributed by atoms with van der Waals surface area (Å²) in [5.74, 6) is -0.0217. The van der Waals surface area contributed by atoms with Gasteiger partial charge in [0, 0.05) is 30.5 Å². The van der Waals surface area contributed by atoms with E-state index in [1.807, 2.05) is 24.3 Å². The fourth-order valence-corrected chi connectivity index (χ4v) is 3.99. The zero-order valence-electron chi connectivity index (χ0n) is 14.8. The molecule has 0 saturated heterocycles. The maximum Gasteiger partial charge on any atom is 0.165 e. The van der Waals surface area contributed by atoms with E-state index < -0.39 is 0 Å². The van der Waals surface area contributed by atoms with Gasteiger partial charge in [0.05, 0.1) is 0 Å². The molecule has 0 spiro atoms. The molecule has 1 aromatic heterocycles. The van der Waals surface area contributed by atoms with Crippen molar-refractivity contribution in [3.8, 4) is 22.6 Å². The van der Waals surface area contributed by atoms with E-state index in [0.29, 0.717) is 6.04 Å². The number of aromatic nitrogens is 1. The molecular weight excluding hydrogens is 324 g/mol. The predicted octanol–water partition coefficient (Wildman–Crippen LogP) is 3.93. The third-order valence-electron chi connectivity index (χ3n) is 5.29. The van der Waals surface area contributed by atoms with Crippen LogP contribution in [0.3, 0.4) is 0 Å². The summed E-state index contributed by atoms with van der Waals surface area (Å²) < 4.78 is 0. The number of nitrogens with zero attached hydrogens (tertiary/aromatic N) is 2. The molecule has 4 heteroatoms. The largest absolute Gasteiger partial charge is 0.504 e. The SMILES string of the molecule is CN1CCc2cccc3c2[C@H]1Cc1ccc(O)c(O)c1-3.c1ccncc1. The molecular formula is C22H22N2O2. The van der Waals surface area contributed by atoms with E-state index in [2.05, 4.69) is 35.1 Å². The number of hydrogen-bond donors (Lipinski definition) is 2. The number of fused-ring (bicyclic) bond motifs is 2. The average molecular weight is 346 g/mol. The van der Waals surface area contributed by atoms with Gasteiger partial charge in [-0.25, -0.2) is 0 Å². The van der Waals surface area contributed by atoms with Crippen molar-refractivity contribution in [2.45, 2.75) is 18.9 Å². The zero-order valence-corrected chi connectivity index (χ0v) is 14.8. The summed E-state index contributed by atoms with van der Waals surface area (Å²) in [6.45, 7) is 1.07. The van der Waals surface area contributed by atoms with Gasteiger partial charge in [-0.2, -0.15) is 0 Å². The number of pyridine rings is 1. The molecule has 2 aromatic carbocycles. The van der Waals surface area contributed by atoms with E-state index in [1.54, 1.807) is 18.5 Å².